The quantitative estimate of drug-likeness (QED) is 0.384. The number of ether oxygens (including phenoxy) is 1. The van der Waals surface area contributed by atoms with E-state index in [0.717, 1.165) is 5.56 Å². The standard InChI is InChI=1S/C16H17FN2O2/c1-11(12-6-3-2-4-7-12)21-10-13-8-5-9-14(15(13)17)16(18)19-20/h2-9,11,20H,10H2,1H3,(H2,18,19). The third-order valence-corrected chi connectivity index (χ3v) is 3.22. The Morgan fingerprint density at radius 1 is 1.24 bits per heavy atom. The van der Waals surface area contributed by atoms with Crippen molar-refractivity contribution in [2.24, 2.45) is 10.9 Å². The fourth-order valence-electron chi connectivity index (χ4n) is 1.98. The fourth-order valence-corrected chi connectivity index (χ4v) is 1.98. The molecule has 0 aromatic heterocycles. The Morgan fingerprint density at radius 3 is 2.62 bits per heavy atom. The summed E-state index contributed by atoms with van der Waals surface area (Å²) in [7, 11) is 0. The molecular formula is C16H17FN2O2. The number of hydrogen-bond acceptors (Lipinski definition) is 3. The van der Waals surface area contributed by atoms with Crippen LogP contribution >= 0.6 is 0 Å². The Bertz CT molecular complexity index is 629. The van der Waals surface area contributed by atoms with Gasteiger partial charge in [0.05, 0.1) is 18.3 Å². The minimum Gasteiger partial charge on any atom is -0.409 e. The average Bonchev–Trinajstić information content (AvgIpc) is 2.53. The van der Waals surface area contributed by atoms with Crippen LogP contribution in [0.2, 0.25) is 0 Å². The molecule has 0 fully saturated rings. The molecule has 0 amide bonds. The van der Waals surface area contributed by atoms with Gasteiger partial charge in [-0.2, -0.15) is 0 Å². The summed E-state index contributed by atoms with van der Waals surface area (Å²) in [5.74, 6) is -0.793. The first-order valence-corrected chi connectivity index (χ1v) is 6.55. The summed E-state index contributed by atoms with van der Waals surface area (Å²) in [4.78, 5) is 0. The van der Waals surface area contributed by atoms with E-state index in [9.17, 15) is 4.39 Å². The molecule has 0 saturated carbocycles. The van der Waals surface area contributed by atoms with Gasteiger partial charge in [0.15, 0.2) is 5.84 Å². The fraction of sp³-hybridized carbons (Fsp3) is 0.188. The van der Waals surface area contributed by atoms with E-state index in [0.29, 0.717) is 5.56 Å². The molecule has 0 saturated heterocycles. The molecule has 2 rings (SSSR count). The minimum absolute atomic E-state index is 0.0611. The number of nitrogens with two attached hydrogens (primary N) is 1. The van der Waals surface area contributed by atoms with Crippen molar-refractivity contribution in [2.45, 2.75) is 19.6 Å². The summed E-state index contributed by atoms with van der Waals surface area (Å²) < 4.78 is 19.9. The van der Waals surface area contributed by atoms with Crippen LogP contribution in [0.1, 0.15) is 29.7 Å². The minimum atomic E-state index is -0.534. The Labute approximate surface area is 122 Å². The van der Waals surface area contributed by atoms with Gasteiger partial charge in [-0.3, -0.25) is 0 Å². The largest absolute Gasteiger partial charge is 0.409 e. The van der Waals surface area contributed by atoms with Gasteiger partial charge in [-0.15, -0.1) is 0 Å². The van der Waals surface area contributed by atoms with Crippen LogP contribution in [0.3, 0.4) is 0 Å². The van der Waals surface area contributed by atoms with E-state index in [1.165, 1.54) is 6.07 Å². The van der Waals surface area contributed by atoms with Gasteiger partial charge in [0.1, 0.15) is 5.82 Å². The Kier molecular flexibility index (Phi) is 4.90. The summed E-state index contributed by atoms with van der Waals surface area (Å²) in [6, 6.07) is 14.4. The van der Waals surface area contributed by atoms with Crippen molar-refractivity contribution in [3.05, 3.63) is 71.0 Å². The van der Waals surface area contributed by atoms with E-state index in [2.05, 4.69) is 5.16 Å². The maximum atomic E-state index is 14.2. The van der Waals surface area contributed by atoms with Crippen molar-refractivity contribution >= 4 is 5.84 Å². The summed E-state index contributed by atoms with van der Waals surface area (Å²) in [5, 5.41) is 11.5. The molecular weight excluding hydrogens is 271 g/mol. The SMILES string of the molecule is CC(OCc1cccc(/C(N)=N/O)c1F)c1ccccc1. The van der Waals surface area contributed by atoms with Crippen LogP contribution in [-0.2, 0) is 11.3 Å². The van der Waals surface area contributed by atoms with Crippen LogP contribution in [0.15, 0.2) is 53.7 Å². The predicted octanol–water partition coefficient (Wildman–Crippen LogP) is 3.20. The van der Waals surface area contributed by atoms with Crippen LogP contribution in [0, 0.1) is 5.82 Å². The van der Waals surface area contributed by atoms with E-state index in [4.69, 9.17) is 15.7 Å². The normalized spacial score (nSPS) is 13.1. The molecule has 2 aromatic rings. The molecule has 0 radical (unpaired) electrons. The first-order valence-electron chi connectivity index (χ1n) is 6.55. The number of benzene rings is 2. The van der Waals surface area contributed by atoms with E-state index in [1.807, 2.05) is 37.3 Å². The monoisotopic (exact) mass is 288 g/mol. The summed E-state index contributed by atoms with van der Waals surface area (Å²) in [6.45, 7) is 2.01. The van der Waals surface area contributed by atoms with Crippen LogP contribution in [0.4, 0.5) is 4.39 Å². The van der Waals surface area contributed by atoms with Gasteiger partial charge in [0.2, 0.25) is 0 Å². The molecule has 0 bridgehead atoms. The lowest BCUT2D eigenvalue weighted by molar-refractivity contribution is 0.0508. The molecule has 2 aromatic carbocycles. The lowest BCUT2D eigenvalue weighted by Crippen LogP contribution is -2.16. The second-order valence-electron chi connectivity index (χ2n) is 4.63. The highest BCUT2D eigenvalue weighted by Crippen LogP contribution is 2.20. The molecule has 0 aliphatic carbocycles. The number of amidine groups is 1. The van der Waals surface area contributed by atoms with E-state index >= 15 is 0 Å². The van der Waals surface area contributed by atoms with Gasteiger partial charge in [0.25, 0.3) is 0 Å². The summed E-state index contributed by atoms with van der Waals surface area (Å²) in [6.07, 6.45) is -0.155. The molecule has 21 heavy (non-hydrogen) atoms. The highest BCUT2D eigenvalue weighted by Gasteiger charge is 2.13. The van der Waals surface area contributed by atoms with E-state index < -0.39 is 5.82 Å². The Hall–Kier alpha value is -2.40. The molecule has 4 nitrogen and oxygen atoms in total. The van der Waals surface area contributed by atoms with Crippen LogP contribution in [-0.4, -0.2) is 11.0 Å². The number of halogens is 1. The number of nitrogens with zero attached hydrogens (tertiary/aromatic N) is 1. The zero-order chi connectivity index (χ0) is 15.2. The summed E-state index contributed by atoms with van der Waals surface area (Å²) in [5.41, 5.74) is 6.87. The van der Waals surface area contributed by atoms with Gasteiger partial charge in [0, 0.05) is 5.56 Å². The third-order valence-electron chi connectivity index (χ3n) is 3.22. The lowest BCUT2D eigenvalue weighted by Gasteiger charge is -2.14. The molecule has 0 aliphatic rings. The first-order chi connectivity index (χ1) is 10.1. The molecule has 0 heterocycles. The van der Waals surface area contributed by atoms with Crippen LogP contribution < -0.4 is 5.73 Å². The van der Waals surface area contributed by atoms with Crippen molar-refractivity contribution in [3.63, 3.8) is 0 Å². The van der Waals surface area contributed by atoms with Gasteiger partial charge >= 0.3 is 0 Å². The molecule has 1 unspecified atom stereocenters. The topological polar surface area (TPSA) is 67.8 Å². The van der Waals surface area contributed by atoms with Gasteiger partial charge < -0.3 is 15.7 Å². The van der Waals surface area contributed by atoms with E-state index in [1.54, 1.807) is 12.1 Å². The third kappa shape index (κ3) is 3.58. The molecule has 5 heteroatoms. The van der Waals surface area contributed by atoms with Gasteiger partial charge in [-0.05, 0) is 18.6 Å². The maximum absolute atomic E-state index is 14.2. The van der Waals surface area contributed by atoms with Crippen LogP contribution in [0.25, 0.3) is 0 Å². The molecule has 1 atom stereocenters. The highest BCUT2D eigenvalue weighted by atomic mass is 19.1. The lowest BCUT2D eigenvalue weighted by atomic mass is 10.1. The molecule has 0 spiro atoms. The smallest absolute Gasteiger partial charge is 0.173 e. The Morgan fingerprint density at radius 2 is 1.95 bits per heavy atom. The first kappa shape index (κ1) is 15.0. The molecule has 3 N–H and O–H groups in total. The number of rotatable bonds is 5. The van der Waals surface area contributed by atoms with Crippen molar-refractivity contribution < 1.29 is 14.3 Å². The van der Waals surface area contributed by atoms with Crippen LogP contribution in [0.5, 0.6) is 0 Å². The van der Waals surface area contributed by atoms with Crippen molar-refractivity contribution in [2.75, 3.05) is 0 Å². The molecule has 110 valence electrons. The zero-order valence-electron chi connectivity index (χ0n) is 11.7. The van der Waals surface area contributed by atoms with Crippen molar-refractivity contribution in [3.8, 4) is 0 Å². The highest BCUT2D eigenvalue weighted by molar-refractivity contribution is 5.97. The van der Waals surface area contributed by atoms with Crippen molar-refractivity contribution in [1.29, 1.82) is 0 Å². The zero-order valence-corrected chi connectivity index (χ0v) is 11.7. The molecule has 0 aliphatic heterocycles. The maximum Gasteiger partial charge on any atom is 0.173 e. The van der Waals surface area contributed by atoms with Crippen molar-refractivity contribution in [1.82, 2.24) is 0 Å². The Balaban J connectivity index is 2.11. The predicted molar refractivity (Wildman–Crippen MR) is 78.6 cm³/mol. The number of oxime groups is 1. The van der Waals surface area contributed by atoms with Gasteiger partial charge in [-0.1, -0.05) is 47.6 Å². The number of hydrogen-bond donors (Lipinski definition) is 2. The van der Waals surface area contributed by atoms with Gasteiger partial charge in [-0.25, -0.2) is 4.39 Å². The summed E-state index contributed by atoms with van der Waals surface area (Å²) >= 11 is 0. The second kappa shape index (κ2) is 6.85. The second-order valence-corrected chi connectivity index (χ2v) is 4.63. The average molecular weight is 288 g/mol. The van der Waals surface area contributed by atoms with E-state index in [-0.39, 0.29) is 24.1 Å².